The molecule has 0 N–H and O–H groups in total. The monoisotopic (exact) mass is 694 g/mol. The molecule has 0 fully saturated rings. The highest BCUT2D eigenvalue weighted by Crippen LogP contribution is 2.46. The van der Waals surface area contributed by atoms with Crippen LogP contribution in [0.2, 0.25) is 0 Å². The van der Waals surface area contributed by atoms with Crippen LogP contribution in [0.3, 0.4) is 0 Å². The Kier molecular flexibility index (Phi) is 9.27. The van der Waals surface area contributed by atoms with Gasteiger partial charge in [-0.15, -0.1) is 0 Å². The number of fused-ring (bicyclic) bond motifs is 4. The molecule has 0 radical (unpaired) electrons. The van der Waals surface area contributed by atoms with Gasteiger partial charge in [0.15, 0.2) is 0 Å². The van der Waals surface area contributed by atoms with Gasteiger partial charge in [0.2, 0.25) is 0 Å². The summed E-state index contributed by atoms with van der Waals surface area (Å²) >= 11 is 0. The number of benzene rings is 9. The third-order valence-electron chi connectivity index (χ3n) is 11.4. The first kappa shape index (κ1) is 33.8. The lowest BCUT2D eigenvalue weighted by atomic mass is 9.83. The Hall–Kier alpha value is -5.98. The van der Waals surface area contributed by atoms with Crippen LogP contribution in [0.25, 0.3) is 87.6 Å². The zero-order chi connectivity index (χ0) is 36.4. The average molecular weight is 695 g/mol. The quantitative estimate of drug-likeness (QED) is 0.125. The third kappa shape index (κ3) is 6.48. The average Bonchev–Trinajstić information content (AvgIpc) is 3.24. The lowest BCUT2D eigenvalue weighted by Crippen LogP contribution is -1.94. The maximum Gasteiger partial charge on any atom is -0.00261 e. The molecule has 9 aromatic rings. The Balaban J connectivity index is 1.32. The molecular weight excluding hydrogens is 649 g/mol. The molecule has 0 amide bonds. The highest BCUT2D eigenvalue weighted by molar-refractivity contribution is 6.22. The van der Waals surface area contributed by atoms with Crippen LogP contribution in [-0.2, 0) is 12.8 Å². The second-order valence-corrected chi connectivity index (χ2v) is 15.0. The van der Waals surface area contributed by atoms with Gasteiger partial charge in [0.25, 0.3) is 0 Å². The predicted octanol–water partition coefficient (Wildman–Crippen LogP) is 15.7. The molecule has 54 heavy (non-hydrogen) atoms. The normalized spacial score (nSPS) is 11.6. The van der Waals surface area contributed by atoms with Crippen molar-refractivity contribution in [2.75, 3.05) is 0 Å². The molecule has 0 aliphatic heterocycles. The van der Waals surface area contributed by atoms with Crippen molar-refractivity contribution in [2.45, 2.75) is 52.4 Å². The van der Waals surface area contributed by atoms with Gasteiger partial charge in [-0.05, 0) is 149 Å². The van der Waals surface area contributed by atoms with Crippen molar-refractivity contribution in [3.63, 3.8) is 0 Å². The topological polar surface area (TPSA) is 0 Å². The predicted molar refractivity (Wildman–Crippen MR) is 235 cm³/mol. The Bertz CT molecular complexity index is 2570. The summed E-state index contributed by atoms with van der Waals surface area (Å²) in [6, 6.07) is 64.3. The molecule has 0 nitrogen and oxygen atoms in total. The fourth-order valence-electron chi connectivity index (χ4n) is 8.39. The maximum absolute atomic E-state index is 2.45. The van der Waals surface area contributed by atoms with Crippen LogP contribution in [0.5, 0.6) is 0 Å². The molecule has 9 aromatic carbocycles. The summed E-state index contributed by atoms with van der Waals surface area (Å²) in [5.41, 5.74) is 12.9. The Morgan fingerprint density at radius 3 is 1.06 bits per heavy atom. The summed E-state index contributed by atoms with van der Waals surface area (Å²) in [7, 11) is 0. The second kappa shape index (κ2) is 14.8. The summed E-state index contributed by atoms with van der Waals surface area (Å²) in [5.74, 6) is 0. The number of unbranched alkanes of at least 4 members (excludes halogenated alkanes) is 2. The zero-order valence-electron chi connectivity index (χ0n) is 31.4. The largest absolute Gasteiger partial charge is 0.0654 e. The molecule has 0 saturated heterocycles. The van der Waals surface area contributed by atoms with E-state index in [1.807, 2.05) is 0 Å². The minimum Gasteiger partial charge on any atom is -0.0654 e. The van der Waals surface area contributed by atoms with E-state index in [0.717, 1.165) is 12.8 Å². The van der Waals surface area contributed by atoms with Crippen molar-refractivity contribution < 1.29 is 0 Å². The van der Waals surface area contributed by atoms with E-state index in [1.165, 1.54) is 124 Å². The lowest BCUT2D eigenvalue weighted by molar-refractivity contribution is 0.795. The van der Waals surface area contributed by atoms with Crippen LogP contribution in [0.1, 0.15) is 50.7 Å². The van der Waals surface area contributed by atoms with Crippen molar-refractivity contribution >= 4 is 43.1 Å². The summed E-state index contributed by atoms with van der Waals surface area (Å²) in [6.07, 6.45) is 7.07. The number of hydrogen-bond acceptors (Lipinski definition) is 0. The molecular formula is C54H46. The Morgan fingerprint density at radius 1 is 0.296 bits per heavy atom. The van der Waals surface area contributed by atoms with E-state index in [4.69, 9.17) is 0 Å². The molecule has 0 unspecified atom stereocenters. The van der Waals surface area contributed by atoms with Crippen molar-refractivity contribution in [1.82, 2.24) is 0 Å². The summed E-state index contributed by atoms with van der Waals surface area (Å²) in [5, 5.41) is 10.2. The molecule has 0 aromatic heterocycles. The van der Waals surface area contributed by atoms with Gasteiger partial charge in [0.05, 0.1) is 0 Å². The van der Waals surface area contributed by atoms with Crippen molar-refractivity contribution in [3.8, 4) is 44.5 Å². The molecule has 0 heteroatoms. The molecule has 0 saturated carbocycles. The summed E-state index contributed by atoms with van der Waals surface area (Å²) in [6.45, 7) is 4.54. The van der Waals surface area contributed by atoms with Crippen LogP contribution < -0.4 is 0 Å². The first-order valence-electron chi connectivity index (χ1n) is 19.9. The third-order valence-corrected chi connectivity index (χ3v) is 11.4. The Labute approximate surface area is 319 Å². The Morgan fingerprint density at radius 2 is 0.648 bits per heavy atom. The van der Waals surface area contributed by atoms with E-state index in [2.05, 4.69) is 184 Å². The highest BCUT2D eigenvalue weighted by Gasteiger charge is 2.19. The molecule has 0 spiro atoms. The van der Waals surface area contributed by atoms with Gasteiger partial charge in [-0.25, -0.2) is 0 Å². The van der Waals surface area contributed by atoms with Crippen LogP contribution in [0.15, 0.2) is 170 Å². The zero-order valence-corrected chi connectivity index (χ0v) is 31.4. The number of hydrogen-bond donors (Lipinski definition) is 0. The van der Waals surface area contributed by atoms with Crippen LogP contribution in [-0.4, -0.2) is 0 Å². The van der Waals surface area contributed by atoms with E-state index in [9.17, 15) is 0 Å². The van der Waals surface area contributed by atoms with E-state index in [1.54, 1.807) is 0 Å². The molecule has 262 valence electrons. The minimum absolute atomic E-state index is 1.12. The van der Waals surface area contributed by atoms with Crippen LogP contribution in [0, 0.1) is 0 Å². The van der Waals surface area contributed by atoms with Gasteiger partial charge in [-0.3, -0.25) is 0 Å². The highest BCUT2D eigenvalue weighted by atomic mass is 14.2. The SMILES string of the molecule is CCCCc1ccc(-c2c3ccc(-c4ccc5ccccc5c4)cc3c(-c3ccc(CCCC)cc3)c3ccc(-c4ccc5ccccc5c4)cc23)cc1. The number of rotatable bonds is 10. The van der Waals surface area contributed by atoms with Gasteiger partial charge in [-0.1, -0.05) is 172 Å². The van der Waals surface area contributed by atoms with Gasteiger partial charge in [-0.2, -0.15) is 0 Å². The van der Waals surface area contributed by atoms with E-state index in [-0.39, 0.29) is 0 Å². The molecule has 0 bridgehead atoms. The second-order valence-electron chi connectivity index (χ2n) is 15.0. The van der Waals surface area contributed by atoms with Crippen molar-refractivity contribution in [3.05, 3.63) is 181 Å². The standard InChI is InChI=1S/C54H46/c1-3-5-11-37-17-21-41(22-18-37)53-49-31-29-48(46-28-26-40-14-8-10-16-44(40)34-46)36-52(49)54(42-23-19-38(20-24-42)12-6-4-2)50-32-30-47(35-51(50)53)45-27-25-39-13-7-9-15-43(39)33-45/h7-10,13-36H,3-6,11-12H2,1-2H3. The van der Waals surface area contributed by atoms with Crippen LogP contribution >= 0.6 is 0 Å². The van der Waals surface area contributed by atoms with E-state index < -0.39 is 0 Å². The smallest absolute Gasteiger partial charge is 0.00261 e. The fourth-order valence-corrected chi connectivity index (χ4v) is 8.39. The van der Waals surface area contributed by atoms with Gasteiger partial charge in [0, 0.05) is 0 Å². The first-order chi connectivity index (χ1) is 26.7. The first-order valence-corrected chi connectivity index (χ1v) is 19.9. The molecule has 0 aliphatic rings. The van der Waals surface area contributed by atoms with E-state index in [0.29, 0.717) is 0 Å². The number of aryl methyl sites for hydroxylation is 2. The summed E-state index contributed by atoms with van der Waals surface area (Å²) in [4.78, 5) is 0. The van der Waals surface area contributed by atoms with Crippen molar-refractivity contribution in [2.24, 2.45) is 0 Å². The fraction of sp³-hybridized carbons (Fsp3) is 0.148. The lowest BCUT2D eigenvalue weighted by Gasteiger charge is -2.20. The maximum atomic E-state index is 2.45. The molecule has 0 atom stereocenters. The van der Waals surface area contributed by atoms with Crippen molar-refractivity contribution in [1.29, 1.82) is 0 Å². The molecule has 9 rings (SSSR count). The van der Waals surface area contributed by atoms with Gasteiger partial charge in [0.1, 0.15) is 0 Å². The molecule has 0 aliphatic carbocycles. The van der Waals surface area contributed by atoms with Crippen LogP contribution in [0.4, 0.5) is 0 Å². The minimum atomic E-state index is 1.12. The molecule has 0 heterocycles. The van der Waals surface area contributed by atoms with Gasteiger partial charge < -0.3 is 0 Å². The van der Waals surface area contributed by atoms with E-state index >= 15 is 0 Å². The van der Waals surface area contributed by atoms with Gasteiger partial charge >= 0.3 is 0 Å². The summed E-state index contributed by atoms with van der Waals surface area (Å²) < 4.78 is 0.